The van der Waals surface area contributed by atoms with E-state index in [0.29, 0.717) is 18.0 Å². The number of piperidine rings is 1. The van der Waals surface area contributed by atoms with Crippen LogP contribution >= 0.6 is 0 Å². The molecular formula is C17H27N3O. The van der Waals surface area contributed by atoms with Gasteiger partial charge in [0.2, 0.25) is 0 Å². The molecule has 0 radical (unpaired) electrons. The molecule has 1 aliphatic heterocycles. The van der Waals surface area contributed by atoms with Crippen LogP contribution in [0.2, 0.25) is 0 Å². The molecule has 2 atom stereocenters. The van der Waals surface area contributed by atoms with Crippen molar-refractivity contribution in [3.05, 3.63) is 23.4 Å². The Hall–Kier alpha value is -1.58. The molecule has 1 saturated heterocycles. The Labute approximate surface area is 127 Å². The molecule has 0 aliphatic carbocycles. The minimum absolute atomic E-state index is 0.135. The third-order valence-electron chi connectivity index (χ3n) is 4.37. The van der Waals surface area contributed by atoms with Gasteiger partial charge in [-0.15, -0.1) is 0 Å². The zero-order valence-corrected chi connectivity index (χ0v) is 13.8. The number of amides is 1. The zero-order chi connectivity index (χ0) is 15.6. The number of likely N-dealkylation sites (tertiary alicyclic amines) is 1. The van der Waals surface area contributed by atoms with Crippen molar-refractivity contribution in [2.45, 2.75) is 65.0 Å². The number of carbonyl (C=O) groups is 1. The lowest BCUT2D eigenvalue weighted by Crippen LogP contribution is -2.47. The van der Waals surface area contributed by atoms with Crippen molar-refractivity contribution in [1.82, 2.24) is 9.88 Å². The molecule has 4 nitrogen and oxygen atoms in total. The average molecular weight is 289 g/mol. The van der Waals surface area contributed by atoms with Crippen molar-refractivity contribution < 1.29 is 4.79 Å². The van der Waals surface area contributed by atoms with Crippen molar-refractivity contribution in [2.75, 3.05) is 12.4 Å². The van der Waals surface area contributed by atoms with Crippen molar-refractivity contribution in [3.63, 3.8) is 0 Å². The lowest BCUT2D eigenvalue weighted by molar-refractivity contribution is 0.0510. The summed E-state index contributed by atoms with van der Waals surface area (Å²) in [5, 5.41) is 3.06. The number of nitrogens with one attached hydrogen (secondary N) is 1. The maximum atomic E-state index is 12.9. The molecule has 0 bridgehead atoms. The van der Waals surface area contributed by atoms with Crippen LogP contribution in [0.5, 0.6) is 0 Å². The standard InChI is InChI=1S/C17H27N3O/c1-11(2)15-9-14(10-16(18-5)19-15)17(21)20-12(3)7-6-8-13(20)4/h9-13H,6-8H2,1-5H3,(H,18,19). The van der Waals surface area contributed by atoms with E-state index >= 15 is 0 Å². The first-order chi connectivity index (χ1) is 9.93. The van der Waals surface area contributed by atoms with Gasteiger partial charge in [-0.2, -0.15) is 0 Å². The van der Waals surface area contributed by atoms with Crippen LogP contribution in [-0.2, 0) is 0 Å². The molecule has 4 heteroatoms. The monoisotopic (exact) mass is 289 g/mol. The van der Waals surface area contributed by atoms with Crippen LogP contribution in [0.1, 0.15) is 68.9 Å². The van der Waals surface area contributed by atoms with E-state index in [2.05, 4.69) is 38.0 Å². The Morgan fingerprint density at radius 3 is 2.43 bits per heavy atom. The van der Waals surface area contributed by atoms with Gasteiger partial charge in [-0.25, -0.2) is 4.98 Å². The number of carbonyl (C=O) groups excluding carboxylic acids is 1. The van der Waals surface area contributed by atoms with Crippen molar-refractivity contribution in [1.29, 1.82) is 0 Å². The van der Waals surface area contributed by atoms with Crippen LogP contribution in [0.3, 0.4) is 0 Å². The molecule has 1 aliphatic rings. The van der Waals surface area contributed by atoms with Gasteiger partial charge in [-0.05, 0) is 51.2 Å². The summed E-state index contributed by atoms with van der Waals surface area (Å²) in [5.74, 6) is 1.21. The van der Waals surface area contributed by atoms with Crippen LogP contribution in [0.15, 0.2) is 12.1 Å². The summed E-state index contributed by atoms with van der Waals surface area (Å²) in [5.41, 5.74) is 1.71. The van der Waals surface area contributed by atoms with Gasteiger partial charge in [0.05, 0.1) is 0 Å². The molecule has 0 saturated carbocycles. The molecule has 1 aromatic rings. The van der Waals surface area contributed by atoms with Gasteiger partial charge in [0, 0.05) is 30.4 Å². The normalized spacial score (nSPS) is 22.5. The van der Waals surface area contributed by atoms with Gasteiger partial charge in [0.15, 0.2) is 0 Å². The molecule has 0 spiro atoms. The second-order valence-corrected chi connectivity index (χ2v) is 6.41. The Balaban J connectivity index is 2.35. The first kappa shape index (κ1) is 15.8. The van der Waals surface area contributed by atoms with Crippen LogP contribution in [0, 0.1) is 0 Å². The number of rotatable bonds is 3. The number of hydrogen-bond acceptors (Lipinski definition) is 3. The Morgan fingerprint density at radius 1 is 1.29 bits per heavy atom. The highest BCUT2D eigenvalue weighted by atomic mass is 16.2. The molecule has 1 amide bonds. The minimum atomic E-state index is 0.135. The molecule has 21 heavy (non-hydrogen) atoms. The van der Waals surface area contributed by atoms with E-state index in [-0.39, 0.29) is 5.91 Å². The fourth-order valence-corrected chi connectivity index (χ4v) is 3.07. The molecule has 116 valence electrons. The summed E-state index contributed by atoms with van der Waals surface area (Å²) in [6.07, 6.45) is 3.40. The molecule has 0 aromatic carbocycles. The quantitative estimate of drug-likeness (QED) is 0.924. The van der Waals surface area contributed by atoms with Gasteiger partial charge in [0.1, 0.15) is 5.82 Å². The smallest absolute Gasteiger partial charge is 0.254 e. The third kappa shape index (κ3) is 3.36. The second-order valence-electron chi connectivity index (χ2n) is 6.41. The number of hydrogen-bond donors (Lipinski definition) is 1. The first-order valence-corrected chi connectivity index (χ1v) is 7.96. The van der Waals surface area contributed by atoms with Crippen molar-refractivity contribution in [2.24, 2.45) is 0 Å². The minimum Gasteiger partial charge on any atom is -0.373 e. The highest BCUT2D eigenvalue weighted by Crippen LogP contribution is 2.26. The predicted octanol–water partition coefficient (Wildman–Crippen LogP) is 3.65. The Bertz CT molecular complexity index is 503. The van der Waals surface area contributed by atoms with E-state index in [1.54, 1.807) is 0 Å². The van der Waals surface area contributed by atoms with E-state index in [1.165, 1.54) is 6.42 Å². The van der Waals surface area contributed by atoms with Crippen LogP contribution < -0.4 is 5.32 Å². The first-order valence-electron chi connectivity index (χ1n) is 7.96. The van der Waals surface area contributed by atoms with Crippen molar-refractivity contribution in [3.8, 4) is 0 Å². The molecular weight excluding hydrogens is 262 g/mol. The summed E-state index contributed by atoms with van der Waals surface area (Å²) in [7, 11) is 1.84. The topological polar surface area (TPSA) is 45.2 Å². The predicted molar refractivity (Wildman–Crippen MR) is 86.8 cm³/mol. The van der Waals surface area contributed by atoms with Gasteiger partial charge in [-0.1, -0.05) is 13.8 Å². The number of anilines is 1. The van der Waals surface area contributed by atoms with Crippen LogP contribution in [-0.4, -0.2) is 34.9 Å². The van der Waals surface area contributed by atoms with E-state index < -0.39 is 0 Å². The molecule has 2 unspecified atom stereocenters. The fourth-order valence-electron chi connectivity index (χ4n) is 3.07. The van der Waals surface area contributed by atoms with Crippen LogP contribution in [0.4, 0.5) is 5.82 Å². The highest BCUT2D eigenvalue weighted by Gasteiger charge is 2.30. The lowest BCUT2D eigenvalue weighted by atomic mass is 9.96. The second kappa shape index (κ2) is 6.46. The molecule has 1 N–H and O–H groups in total. The number of nitrogens with zero attached hydrogens (tertiary/aromatic N) is 2. The van der Waals surface area contributed by atoms with Crippen LogP contribution in [0.25, 0.3) is 0 Å². The SMILES string of the molecule is CNc1cc(C(=O)N2C(C)CCCC2C)cc(C(C)C)n1. The molecule has 1 fully saturated rings. The zero-order valence-electron chi connectivity index (χ0n) is 13.8. The summed E-state index contributed by atoms with van der Waals surface area (Å²) in [6, 6.07) is 4.44. The van der Waals surface area contributed by atoms with Gasteiger partial charge in [-0.3, -0.25) is 4.79 Å². The summed E-state index contributed by atoms with van der Waals surface area (Å²) in [4.78, 5) is 19.5. The summed E-state index contributed by atoms with van der Waals surface area (Å²) < 4.78 is 0. The fraction of sp³-hybridized carbons (Fsp3) is 0.647. The highest BCUT2D eigenvalue weighted by molar-refractivity contribution is 5.95. The Morgan fingerprint density at radius 2 is 1.90 bits per heavy atom. The van der Waals surface area contributed by atoms with E-state index in [1.807, 2.05) is 24.1 Å². The summed E-state index contributed by atoms with van der Waals surface area (Å²) in [6.45, 7) is 8.50. The van der Waals surface area contributed by atoms with E-state index in [0.717, 1.165) is 29.9 Å². The average Bonchev–Trinajstić information content (AvgIpc) is 2.46. The van der Waals surface area contributed by atoms with Gasteiger partial charge >= 0.3 is 0 Å². The maximum absolute atomic E-state index is 12.9. The van der Waals surface area contributed by atoms with Crippen molar-refractivity contribution >= 4 is 11.7 Å². The number of pyridine rings is 1. The van der Waals surface area contributed by atoms with Gasteiger partial charge < -0.3 is 10.2 Å². The summed E-state index contributed by atoms with van der Waals surface area (Å²) >= 11 is 0. The molecule has 2 heterocycles. The van der Waals surface area contributed by atoms with Gasteiger partial charge in [0.25, 0.3) is 5.91 Å². The third-order valence-corrected chi connectivity index (χ3v) is 4.37. The van der Waals surface area contributed by atoms with E-state index in [9.17, 15) is 4.79 Å². The molecule has 2 rings (SSSR count). The maximum Gasteiger partial charge on any atom is 0.254 e. The van der Waals surface area contributed by atoms with E-state index in [4.69, 9.17) is 0 Å². The Kier molecular flexibility index (Phi) is 4.86. The number of aromatic nitrogens is 1. The lowest BCUT2D eigenvalue weighted by Gasteiger charge is -2.39. The largest absolute Gasteiger partial charge is 0.373 e. The molecule has 1 aromatic heterocycles.